The summed E-state index contributed by atoms with van der Waals surface area (Å²) in [6, 6.07) is 49.5. The number of alkyl halides is 3. The molecule has 9 aromatic rings. The molecule has 474 valence electrons. The molecular formula is C68H88F3N15O3. The number of aromatic nitrogens is 6. The number of rotatable bonds is 17. The van der Waals surface area contributed by atoms with Gasteiger partial charge in [-0.25, -0.2) is 29.9 Å². The number of halogens is 3. The summed E-state index contributed by atoms with van der Waals surface area (Å²) in [6.45, 7) is 14.6. The molecule has 2 aliphatic rings. The first kappa shape index (κ1) is 63.0. The first-order valence-corrected chi connectivity index (χ1v) is 28.8. The molecule has 8 heterocycles. The van der Waals surface area contributed by atoms with Crippen LogP contribution in [-0.2, 0) is 11.7 Å². The molecule has 11 rings (SSSR count). The molecule has 18 nitrogen and oxygen atoms in total. The van der Waals surface area contributed by atoms with E-state index in [-0.39, 0.29) is 73.3 Å². The van der Waals surface area contributed by atoms with Crippen LogP contribution in [0, 0.1) is 0 Å². The van der Waals surface area contributed by atoms with E-state index in [0.29, 0.717) is 40.1 Å². The fraction of sp³-hybridized carbons (Fsp3) is 0.191. The fourth-order valence-electron chi connectivity index (χ4n) is 10.3. The first-order valence-electron chi connectivity index (χ1n) is 28.8. The molecule has 2 fully saturated rings. The molecular weight excluding hydrogens is 1130 g/mol. The van der Waals surface area contributed by atoms with Crippen molar-refractivity contribution in [3.8, 4) is 0 Å². The van der Waals surface area contributed by atoms with Crippen molar-refractivity contribution in [2.45, 2.75) is 37.1 Å². The molecule has 2 saturated heterocycles. The van der Waals surface area contributed by atoms with Crippen molar-refractivity contribution in [3.05, 3.63) is 263 Å². The van der Waals surface area contributed by atoms with Crippen LogP contribution >= 0.6 is 0 Å². The van der Waals surface area contributed by atoms with Gasteiger partial charge in [-0.2, -0.15) is 13.2 Å². The summed E-state index contributed by atoms with van der Waals surface area (Å²) in [4.78, 5) is 68.6. The molecule has 0 spiro atoms. The Hall–Kier alpha value is -10.5. The van der Waals surface area contributed by atoms with Crippen LogP contribution in [0.3, 0.4) is 0 Å². The highest BCUT2D eigenvalue weighted by Crippen LogP contribution is 2.35. The number of nitrogens with zero attached hydrogens (tertiary/aromatic N) is 8. The number of nitrogens with one attached hydrogen (secondary N) is 3. The van der Waals surface area contributed by atoms with Gasteiger partial charge in [-0.05, 0) is 95.9 Å². The largest absolute Gasteiger partial charge is 0.418 e. The number of hydrogen-bond acceptors (Lipinski definition) is 18. The number of pyridine rings is 6. The zero-order valence-electron chi connectivity index (χ0n) is 48.9. The van der Waals surface area contributed by atoms with Crippen molar-refractivity contribution in [2.24, 2.45) is 5.73 Å². The molecule has 6 aromatic heterocycles. The van der Waals surface area contributed by atoms with Crippen LogP contribution in [0.15, 0.2) is 196 Å². The van der Waals surface area contributed by atoms with Crippen molar-refractivity contribution >= 4 is 64.4 Å². The van der Waals surface area contributed by atoms with Crippen LogP contribution < -0.4 is 48.7 Å². The molecule has 3 aromatic carbocycles. The van der Waals surface area contributed by atoms with Crippen molar-refractivity contribution in [2.75, 3.05) is 78.1 Å². The topological polar surface area (TPSA) is 275 Å². The summed E-state index contributed by atoms with van der Waals surface area (Å²) < 4.78 is 40.6. The summed E-state index contributed by atoms with van der Waals surface area (Å²) in [6.07, 6.45) is 3.56. The van der Waals surface area contributed by atoms with Gasteiger partial charge in [-0.1, -0.05) is 123 Å². The van der Waals surface area contributed by atoms with E-state index >= 15 is 0 Å². The van der Waals surface area contributed by atoms with Gasteiger partial charge in [-0.15, -0.1) is 0 Å². The second-order valence-corrected chi connectivity index (χ2v) is 21.0. The van der Waals surface area contributed by atoms with E-state index in [2.05, 4.69) is 83.1 Å². The van der Waals surface area contributed by atoms with Crippen molar-refractivity contribution in [1.82, 2.24) is 40.5 Å². The van der Waals surface area contributed by atoms with Gasteiger partial charge in [0.05, 0.1) is 27.8 Å². The Balaban J connectivity index is 0. The summed E-state index contributed by atoms with van der Waals surface area (Å²) >= 11 is 0. The van der Waals surface area contributed by atoms with Crippen LogP contribution in [0.4, 0.5) is 48.1 Å². The molecule has 11 N–H and O–H groups in total. The predicted octanol–water partition coefficient (Wildman–Crippen LogP) is 12.6. The molecule has 21 heteroatoms. The highest BCUT2D eigenvalue weighted by Gasteiger charge is 2.38. The van der Waals surface area contributed by atoms with Crippen LogP contribution in [0.2, 0.25) is 0 Å². The number of benzene rings is 3. The van der Waals surface area contributed by atoms with Crippen LogP contribution in [-0.4, -0.2) is 93.1 Å². The summed E-state index contributed by atoms with van der Waals surface area (Å²) in [5.74, 6) is 0.405. The number of nitrogen functional groups attached to an aromatic ring is 3. The number of carbonyl (C=O) groups is 3. The Morgan fingerprint density at radius 1 is 0.573 bits per heavy atom. The van der Waals surface area contributed by atoms with Gasteiger partial charge in [0.2, 0.25) is 17.3 Å². The lowest BCUT2D eigenvalue weighted by molar-refractivity contribution is -0.138. The average Bonchev–Trinajstić information content (AvgIpc) is 0.809. The monoisotopic (exact) mass is 1220 g/mol. The second-order valence-electron chi connectivity index (χ2n) is 21.0. The van der Waals surface area contributed by atoms with Crippen LogP contribution in [0.1, 0.15) is 121 Å². The van der Waals surface area contributed by atoms with E-state index in [9.17, 15) is 27.6 Å². The lowest BCUT2D eigenvalue weighted by atomic mass is 9.88. The average molecular weight is 1220 g/mol. The van der Waals surface area contributed by atoms with Gasteiger partial charge in [0.1, 0.15) is 52.0 Å². The Morgan fingerprint density at radius 3 is 1.38 bits per heavy atom. The third-order valence-corrected chi connectivity index (χ3v) is 15.3. The zero-order valence-corrected chi connectivity index (χ0v) is 48.9. The molecule has 89 heavy (non-hydrogen) atoms. The standard InChI is InChI=1S/2C23H23N5O.C22H22F3N5O.10H2/c2*1-2-16-10-11-20(27-21(16)22(29)18-9-6-12-26-23(18)24)28-14-13-25-19(15-28)17-7-4-3-5-8-17;1-2-21(27,14-7-4-3-5-8-14)13-29-17-11-10-16(22(23,24)25)18(30-17)19(31)15-9-6-12-28-20(15)26;;;;;;;;;;/h2*2-12,19,25H,1,13-15H2,(H2,24,26);3-12H,2,13,27H2,1H3,(H2,26,28)(H,29,30);10*1H/t2*19-;;;;;;;;;;;/m10.........../s1. The molecule has 2 aliphatic heterocycles. The smallest absolute Gasteiger partial charge is 0.383 e. The molecule has 0 aliphatic carbocycles. The quantitative estimate of drug-likeness (QED) is 0.0417. The van der Waals surface area contributed by atoms with Gasteiger partial charge in [0.25, 0.3) is 0 Å². The number of hydrogen-bond donors (Lipinski definition) is 7. The minimum Gasteiger partial charge on any atom is -0.383 e. The Bertz CT molecular complexity index is 3830. The second kappa shape index (κ2) is 28.8. The molecule has 0 saturated carbocycles. The minimum absolute atomic E-state index is 0. The Morgan fingerprint density at radius 2 is 0.989 bits per heavy atom. The van der Waals surface area contributed by atoms with E-state index in [1.165, 1.54) is 35.5 Å². The SMILES string of the molecule is C=Cc1ccc(N2CCN[C@@H](c3ccccc3)C2)nc1C(=O)c1cccnc1N.C=Cc1ccc(N2CCN[C@H](c3ccccc3)C2)nc1C(=O)c1cccnc1N.CCC(N)(CNc1ccc(C(F)(F)F)c(C(=O)c2cccnc2N)n1)c1ccccc1.[HH].[HH].[HH].[HH].[HH].[HH].[HH].[HH].[HH].[HH]. The number of ketones is 3. The maximum atomic E-state index is 13.5. The zero-order chi connectivity index (χ0) is 63.1. The van der Waals surface area contributed by atoms with E-state index in [4.69, 9.17) is 32.9 Å². The molecule has 0 bridgehead atoms. The fourth-order valence-corrected chi connectivity index (χ4v) is 10.3. The maximum Gasteiger partial charge on any atom is 0.418 e. The van der Waals surface area contributed by atoms with E-state index in [1.54, 1.807) is 48.8 Å². The normalized spacial score (nSPS) is 15.4. The molecule has 0 amide bonds. The van der Waals surface area contributed by atoms with Crippen LogP contribution in [0.25, 0.3) is 12.2 Å². The summed E-state index contributed by atoms with van der Waals surface area (Å²) in [5.41, 5.74) is 27.3. The van der Waals surface area contributed by atoms with Gasteiger partial charge < -0.3 is 48.7 Å². The molecule has 3 atom stereocenters. The number of piperazine rings is 2. The lowest BCUT2D eigenvalue weighted by Crippen LogP contribution is -2.46. The van der Waals surface area contributed by atoms with Crippen molar-refractivity contribution < 1.29 is 41.8 Å². The Kier molecular flexibility index (Phi) is 20.4. The van der Waals surface area contributed by atoms with Crippen molar-refractivity contribution in [1.29, 1.82) is 0 Å². The van der Waals surface area contributed by atoms with Crippen LogP contribution in [0.5, 0.6) is 0 Å². The van der Waals surface area contributed by atoms with Gasteiger partial charge in [-0.3, -0.25) is 14.4 Å². The predicted molar refractivity (Wildman–Crippen MR) is 365 cm³/mol. The Labute approximate surface area is 528 Å². The number of carbonyl (C=O) groups excluding carboxylic acids is 3. The first-order chi connectivity index (χ1) is 43.0. The lowest BCUT2D eigenvalue weighted by Gasteiger charge is -2.35. The highest BCUT2D eigenvalue weighted by atomic mass is 19.4. The van der Waals surface area contributed by atoms with Gasteiger partial charge >= 0.3 is 6.18 Å². The van der Waals surface area contributed by atoms with Gasteiger partial charge in [0, 0.05) is 102 Å². The number of anilines is 6. The summed E-state index contributed by atoms with van der Waals surface area (Å²) in [7, 11) is 0. The van der Waals surface area contributed by atoms with Crippen molar-refractivity contribution in [3.63, 3.8) is 0 Å². The summed E-state index contributed by atoms with van der Waals surface area (Å²) in [5, 5.41) is 10.1. The third-order valence-electron chi connectivity index (χ3n) is 15.3. The third kappa shape index (κ3) is 15.2. The van der Waals surface area contributed by atoms with Gasteiger partial charge in [0.15, 0.2) is 0 Å². The van der Waals surface area contributed by atoms with E-state index < -0.39 is 28.8 Å². The van der Waals surface area contributed by atoms with E-state index in [0.717, 1.165) is 62.5 Å². The highest BCUT2D eigenvalue weighted by molar-refractivity contribution is 6.13. The maximum absolute atomic E-state index is 13.5. The van der Waals surface area contributed by atoms with E-state index in [1.807, 2.05) is 97.9 Å². The number of nitrogens with two attached hydrogens (primary N) is 4. The molecule has 0 radical (unpaired) electrons. The molecule has 1 unspecified atom stereocenters. The minimum atomic E-state index is -4.77.